The topological polar surface area (TPSA) is 59.4 Å². The molecule has 0 aliphatic rings. The molecule has 1 N–H and O–H groups in total. The molecule has 0 aliphatic carbocycles. The number of methoxy groups -OCH3 is 1. The van der Waals surface area contributed by atoms with Crippen molar-refractivity contribution in [3.8, 4) is 16.3 Å². The van der Waals surface area contributed by atoms with Gasteiger partial charge >= 0.3 is 5.97 Å². The summed E-state index contributed by atoms with van der Waals surface area (Å²) in [6, 6.07) is 4.96. The summed E-state index contributed by atoms with van der Waals surface area (Å²) in [6.45, 7) is 0. The number of carbonyl (C=O) groups excluding carboxylic acids is 1. The largest absolute Gasteiger partial charge is 0.506 e. The standard InChI is InChI=1S/C13H12ClNO3S/c1-18-12(17)5-3-9-7-19-13(15-9)8-2-4-11(16)10(14)6-8/h2,4,6-7,16H,3,5H2,1H3. The van der Waals surface area contributed by atoms with E-state index in [1.54, 1.807) is 12.1 Å². The summed E-state index contributed by atoms with van der Waals surface area (Å²) >= 11 is 7.33. The molecule has 0 atom stereocenters. The second kappa shape index (κ2) is 6.04. The monoisotopic (exact) mass is 297 g/mol. The zero-order chi connectivity index (χ0) is 13.8. The predicted octanol–water partition coefficient (Wildman–Crippen LogP) is 3.27. The van der Waals surface area contributed by atoms with Crippen molar-refractivity contribution < 1.29 is 14.6 Å². The Labute approximate surface area is 119 Å². The van der Waals surface area contributed by atoms with Crippen LogP contribution >= 0.6 is 22.9 Å². The highest BCUT2D eigenvalue weighted by Crippen LogP contribution is 2.31. The molecule has 0 spiro atoms. The first-order valence-corrected chi connectivity index (χ1v) is 6.86. The molecule has 1 aromatic carbocycles. The highest BCUT2D eigenvalue weighted by molar-refractivity contribution is 7.13. The van der Waals surface area contributed by atoms with Crippen molar-refractivity contribution in [2.75, 3.05) is 7.11 Å². The van der Waals surface area contributed by atoms with Crippen LogP contribution in [0.25, 0.3) is 10.6 Å². The van der Waals surface area contributed by atoms with E-state index in [1.807, 2.05) is 5.38 Å². The Kier molecular flexibility index (Phi) is 4.39. The molecular weight excluding hydrogens is 286 g/mol. The van der Waals surface area contributed by atoms with E-state index >= 15 is 0 Å². The third-order valence-electron chi connectivity index (χ3n) is 2.56. The van der Waals surface area contributed by atoms with Crippen LogP contribution in [0.15, 0.2) is 23.6 Å². The molecule has 2 aromatic rings. The van der Waals surface area contributed by atoms with E-state index in [2.05, 4.69) is 9.72 Å². The van der Waals surface area contributed by atoms with Gasteiger partial charge in [-0.05, 0) is 18.2 Å². The van der Waals surface area contributed by atoms with Crippen molar-refractivity contribution in [1.82, 2.24) is 4.98 Å². The number of aromatic nitrogens is 1. The number of thiazole rings is 1. The van der Waals surface area contributed by atoms with Crippen LogP contribution in [0.5, 0.6) is 5.75 Å². The fraction of sp³-hybridized carbons (Fsp3) is 0.231. The molecule has 0 radical (unpaired) electrons. The maximum Gasteiger partial charge on any atom is 0.305 e. The molecule has 0 saturated carbocycles. The Morgan fingerprint density at radius 2 is 2.32 bits per heavy atom. The Bertz CT molecular complexity index is 597. The lowest BCUT2D eigenvalue weighted by molar-refractivity contribution is -0.140. The number of halogens is 1. The lowest BCUT2D eigenvalue weighted by atomic mass is 10.2. The summed E-state index contributed by atoms with van der Waals surface area (Å²) < 4.78 is 4.58. The van der Waals surface area contributed by atoms with Gasteiger partial charge in [0.1, 0.15) is 10.8 Å². The molecule has 0 fully saturated rings. The summed E-state index contributed by atoms with van der Waals surface area (Å²) in [7, 11) is 1.37. The van der Waals surface area contributed by atoms with Crippen LogP contribution in [0.2, 0.25) is 5.02 Å². The van der Waals surface area contributed by atoms with Gasteiger partial charge in [-0.1, -0.05) is 11.6 Å². The maximum absolute atomic E-state index is 11.1. The summed E-state index contributed by atoms with van der Waals surface area (Å²) in [6.07, 6.45) is 0.866. The molecule has 0 bridgehead atoms. The fourth-order valence-corrected chi connectivity index (χ4v) is 2.56. The van der Waals surface area contributed by atoms with Crippen LogP contribution in [-0.2, 0) is 16.0 Å². The number of phenols is 1. The van der Waals surface area contributed by atoms with E-state index < -0.39 is 0 Å². The van der Waals surface area contributed by atoms with Gasteiger partial charge in [-0.15, -0.1) is 11.3 Å². The van der Waals surface area contributed by atoms with Crippen molar-refractivity contribution >= 4 is 28.9 Å². The lowest BCUT2D eigenvalue weighted by Gasteiger charge is -1.99. The number of esters is 1. The molecule has 100 valence electrons. The van der Waals surface area contributed by atoms with Crippen LogP contribution in [0.1, 0.15) is 12.1 Å². The minimum absolute atomic E-state index is 0.0490. The molecule has 2 rings (SSSR count). The summed E-state index contributed by atoms with van der Waals surface area (Å²) in [5.41, 5.74) is 1.69. The van der Waals surface area contributed by atoms with Gasteiger partial charge in [0.25, 0.3) is 0 Å². The number of ether oxygens (including phenoxy) is 1. The first kappa shape index (κ1) is 13.8. The average Bonchev–Trinajstić information content (AvgIpc) is 2.88. The number of benzene rings is 1. The molecule has 1 heterocycles. The number of hydrogen-bond acceptors (Lipinski definition) is 5. The van der Waals surface area contributed by atoms with E-state index in [0.717, 1.165) is 16.3 Å². The van der Waals surface area contributed by atoms with E-state index in [-0.39, 0.29) is 11.7 Å². The van der Waals surface area contributed by atoms with Crippen LogP contribution in [0.3, 0.4) is 0 Å². The van der Waals surface area contributed by atoms with E-state index in [0.29, 0.717) is 17.9 Å². The minimum atomic E-state index is -0.248. The second-order valence-corrected chi connectivity index (χ2v) is 5.15. The molecule has 4 nitrogen and oxygen atoms in total. The number of aryl methyl sites for hydroxylation is 1. The van der Waals surface area contributed by atoms with Gasteiger partial charge in [0.15, 0.2) is 0 Å². The maximum atomic E-state index is 11.1. The summed E-state index contributed by atoms with van der Waals surface area (Å²) in [4.78, 5) is 15.5. The molecule has 0 saturated heterocycles. The van der Waals surface area contributed by atoms with E-state index in [1.165, 1.54) is 24.5 Å². The molecule has 1 aromatic heterocycles. The van der Waals surface area contributed by atoms with E-state index in [9.17, 15) is 9.90 Å². The van der Waals surface area contributed by atoms with Gasteiger partial charge in [-0.25, -0.2) is 4.98 Å². The number of rotatable bonds is 4. The van der Waals surface area contributed by atoms with Gasteiger partial charge in [0, 0.05) is 17.4 Å². The highest BCUT2D eigenvalue weighted by Gasteiger charge is 2.09. The van der Waals surface area contributed by atoms with E-state index in [4.69, 9.17) is 11.6 Å². The number of phenolic OH excluding ortho intramolecular Hbond substituents is 1. The number of carbonyl (C=O) groups is 1. The van der Waals surface area contributed by atoms with Crippen LogP contribution in [0.4, 0.5) is 0 Å². The molecule has 0 aliphatic heterocycles. The van der Waals surface area contributed by atoms with Crippen molar-refractivity contribution in [3.63, 3.8) is 0 Å². The Balaban J connectivity index is 2.12. The third-order valence-corrected chi connectivity index (χ3v) is 3.80. The minimum Gasteiger partial charge on any atom is -0.506 e. The van der Waals surface area contributed by atoms with Crippen molar-refractivity contribution in [2.24, 2.45) is 0 Å². The second-order valence-electron chi connectivity index (χ2n) is 3.89. The third kappa shape index (κ3) is 3.45. The fourth-order valence-electron chi connectivity index (χ4n) is 1.53. The molecule has 0 amide bonds. The van der Waals surface area contributed by atoms with Crippen molar-refractivity contribution in [3.05, 3.63) is 34.3 Å². The molecular formula is C13H12ClNO3S. The first-order chi connectivity index (χ1) is 9.10. The lowest BCUT2D eigenvalue weighted by Crippen LogP contribution is -2.01. The number of aromatic hydroxyl groups is 1. The van der Waals surface area contributed by atoms with Crippen LogP contribution in [-0.4, -0.2) is 23.2 Å². The number of hydrogen-bond donors (Lipinski definition) is 1. The first-order valence-electron chi connectivity index (χ1n) is 5.60. The predicted molar refractivity (Wildman–Crippen MR) is 74.6 cm³/mol. The zero-order valence-electron chi connectivity index (χ0n) is 10.2. The number of nitrogens with zero attached hydrogens (tertiary/aromatic N) is 1. The SMILES string of the molecule is COC(=O)CCc1csc(-c2ccc(O)c(Cl)c2)n1. The van der Waals surface area contributed by atoms with Gasteiger partial charge < -0.3 is 9.84 Å². The quantitative estimate of drug-likeness (QED) is 0.880. The van der Waals surface area contributed by atoms with Crippen molar-refractivity contribution in [2.45, 2.75) is 12.8 Å². The van der Waals surface area contributed by atoms with Crippen LogP contribution in [0, 0.1) is 0 Å². The smallest absolute Gasteiger partial charge is 0.305 e. The normalized spacial score (nSPS) is 10.4. The Morgan fingerprint density at radius 1 is 1.53 bits per heavy atom. The van der Waals surface area contributed by atoms with Crippen molar-refractivity contribution in [1.29, 1.82) is 0 Å². The zero-order valence-corrected chi connectivity index (χ0v) is 11.8. The average molecular weight is 298 g/mol. The summed E-state index contributed by atoms with van der Waals surface area (Å²) in [5.74, 6) is -0.199. The van der Waals surface area contributed by atoms with Gasteiger partial charge in [0.05, 0.1) is 24.2 Å². The van der Waals surface area contributed by atoms with Gasteiger partial charge in [-0.3, -0.25) is 4.79 Å². The van der Waals surface area contributed by atoms with Gasteiger partial charge in [-0.2, -0.15) is 0 Å². The molecule has 6 heteroatoms. The highest BCUT2D eigenvalue weighted by atomic mass is 35.5. The molecule has 19 heavy (non-hydrogen) atoms. The summed E-state index contributed by atoms with van der Waals surface area (Å²) in [5, 5.41) is 12.4. The van der Waals surface area contributed by atoms with Gasteiger partial charge in [0.2, 0.25) is 0 Å². The Hall–Kier alpha value is -1.59. The molecule has 0 unspecified atom stereocenters. The van der Waals surface area contributed by atoms with Crippen LogP contribution < -0.4 is 0 Å². The Morgan fingerprint density at radius 3 is 3.00 bits per heavy atom.